The van der Waals surface area contributed by atoms with Crippen molar-refractivity contribution in [1.82, 2.24) is 5.32 Å². The Labute approximate surface area is 112 Å². The third-order valence-corrected chi connectivity index (χ3v) is 2.59. The minimum atomic E-state index is -0.326. The van der Waals surface area contributed by atoms with Crippen LogP contribution in [0.1, 0.15) is 59.8 Å². The zero-order valence-corrected chi connectivity index (χ0v) is 12.5. The van der Waals surface area contributed by atoms with Crippen molar-refractivity contribution in [3.63, 3.8) is 0 Å². The van der Waals surface area contributed by atoms with E-state index in [1.807, 2.05) is 6.92 Å². The Morgan fingerprint density at radius 2 is 1.88 bits per heavy atom. The van der Waals surface area contributed by atoms with Crippen LogP contribution < -0.4 is 11.1 Å². The first-order valence-corrected chi connectivity index (χ1v) is 6.40. The third-order valence-electron chi connectivity index (χ3n) is 2.59. The Hall–Kier alpha value is -0.280. The van der Waals surface area contributed by atoms with Gasteiger partial charge < -0.3 is 11.1 Å². The van der Waals surface area contributed by atoms with E-state index in [1.165, 1.54) is 6.42 Å². The number of carbonyl (C=O) groups is 1. The van der Waals surface area contributed by atoms with E-state index in [9.17, 15) is 4.79 Å². The second-order valence-corrected chi connectivity index (χ2v) is 5.70. The number of rotatable bonds is 7. The monoisotopic (exact) mass is 264 g/mol. The molecule has 0 radical (unpaired) electrons. The molecule has 3 nitrogen and oxygen atoms in total. The van der Waals surface area contributed by atoms with Crippen molar-refractivity contribution in [1.29, 1.82) is 0 Å². The number of unbranched alkanes of at least 4 members (excludes halogenated alkanes) is 1. The van der Waals surface area contributed by atoms with E-state index in [4.69, 9.17) is 5.73 Å². The van der Waals surface area contributed by atoms with Crippen molar-refractivity contribution in [2.24, 2.45) is 11.1 Å². The van der Waals surface area contributed by atoms with Gasteiger partial charge in [0, 0.05) is 6.54 Å². The van der Waals surface area contributed by atoms with Crippen LogP contribution in [-0.4, -0.2) is 18.5 Å². The molecule has 0 aromatic rings. The maximum absolute atomic E-state index is 11.5. The maximum Gasteiger partial charge on any atom is 0.236 e. The fraction of sp³-hybridized carbons (Fsp3) is 0.923. The summed E-state index contributed by atoms with van der Waals surface area (Å²) in [7, 11) is 0. The largest absolute Gasteiger partial charge is 0.355 e. The zero-order chi connectivity index (χ0) is 12.6. The molecule has 0 aromatic carbocycles. The highest BCUT2D eigenvalue weighted by Gasteiger charge is 2.12. The Balaban J connectivity index is 0. The minimum absolute atomic E-state index is 0. The number of hydrogen-bond donors (Lipinski definition) is 2. The molecule has 3 N–H and O–H groups in total. The van der Waals surface area contributed by atoms with Gasteiger partial charge in [0.05, 0.1) is 6.04 Å². The summed E-state index contributed by atoms with van der Waals surface area (Å²) in [6.07, 6.45) is 5.13. The van der Waals surface area contributed by atoms with Gasteiger partial charge in [0.15, 0.2) is 0 Å². The Morgan fingerprint density at radius 3 is 2.35 bits per heavy atom. The third kappa shape index (κ3) is 12.0. The highest BCUT2D eigenvalue weighted by molar-refractivity contribution is 5.85. The van der Waals surface area contributed by atoms with Gasteiger partial charge >= 0.3 is 0 Å². The Bertz CT molecular complexity index is 202. The molecule has 0 rings (SSSR count). The molecular formula is C13H29ClN2O. The average molecular weight is 265 g/mol. The van der Waals surface area contributed by atoms with Crippen molar-refractivity contribution < 1.29 is 4.79 Å². The summed E-state index contributed by atoms with van der Waals surface area (Å²) in [6.45, 7) is 9.51. The fourth-order valence-electron chi connectivity index (χ4n) is 1.57. The van der Waals surface area contributed by atoms with Crippen LogP contribution >= 0.6 is 12.4 Å². The van der Waals surface area contributed by atoms with Crippen molar-refractivity contribution >= 4 is 18.3 Å². The number of hydrogen-bond acceptors (Lipinski definition) is 2. The first kappa shape index (κ1) is 19.1. The fourth-order valence-corrected chi connectivity index (χ4v) is 1.57. The van der Waals surface area contributed by atoms with Crippen LogP contribution in [0.4, 0.5) is 0 Å². The van der Waals surface area contributed by atoms with Gasteiger partial charge in [0.2, 0.25) is 5.91 Å². The first-order chi connectivity index (χ1) is 7.37. The Kier molecular flexibility index (Phi) is 10.9. The molecule has 0 aliphatic carbocycles. The van der Waals surface area contributed by atoms with Gasteiger partial charge in [0.1, 0.15) is 0 Å². The van der Waals surface area contributed by atoms with Crippen LogP contribution in [0.3, 0.4) is 0 Å². The van der Waals surface area contributed by atoms with Crippen LogP contribution in [0, 0.1) is 5.41 Å². The van der Waals surface area contributed by atoms with Crippen molar-refractivity contribution in [3.8, 4) is 0 Å². The van der Waals surface area contributed by atoms with E-state index in [2.05, 4.69) is 26.1 Å². The van der Waals surface area contributed by atoms with Crippen molar-refractivity contribution in [3.05, 3.63) is 0 Å². The van der Waals surface area contributed by atoms with Crippen LogP contribution in [0.25, 0.3) is 0 Å². The molecular weight excluding hydrogens is 236 g/mol. The number of nitrogens with two attached hydrogens (primary N) is 1. The normalized spacial score (nSPS) is 12.8. The van der Waals surface area contributed by atoms with Gasteiger partial charge in [0.25, 0.3) is 0 Å². The predicted molar refractivity (Wildman–Crippen MR) is 76.4 cm³/mol. The van der Waals surface area contributed by atoms with Gasteiger partial charge in [-0.2, -0.15) is 0 Å². The first-order valence-electron chi connectivity index (χ1n) is 6.40. The molecule has 0 heterocycles. The van der Waals surface area contributed by atoms with Crippen LogP contribution in [0.2, 0.25) is 0 Å². The van der Waals surface area contributed by atoms with Crippen molar-refractivity contribution in [2.45, 2.75) is 65.8 Å². The average Bonchev–Trinajstić information content (AvgIpc) is 2.15. The SMILES string of the molecule is CCCC(N)C(=O)NCCCCC(C)(C)C.Cl. The van der Waals surface area contributed by atoms with Gasteiger partial charge in [-0.3, -0.25) is 4.79 Å². The van der Waals surface area contributed by atoms with E-state index in [0.717, 1.165) is 32.2 Å². The summed E-state index contributed by atoms with van der Waals surface area (Å²) in [5.74, 6) is -0.00221. The van der Waals surface area contributed by atoms with E-state index in [1.54, 1.807) is 0 Å². The molecule has 0 aliphatic heterocycles. The lowest BCUT2D eigenvalue weighted by atomic mass is 9.90. The second kappa shape index (κ2) is 9.72. The standard InChI is InChI=1S/C13H28N2O.ClH/c1-5-8-11(14)12(16)15-10-7-6-9-13(2,3)4;/h11H,5-10,14H2,1-4H3,(H,15,16);1H. The summed E-state index contributed by atoms with van der Waals surface area (Å²) in [5, 5.41) is 2.89. The second-order valence-electron chi connectivity index (χ2n) is 5.70. The lowest BCUT2D eigenvalue weighted by molar-refractivity contribution is -0.122. The molecule has 0 spiro atoms. The van der Waals surface area contributed by atoms with Crippen LogP contribution in [0.15, 0.2) is 0 Å². The summed E-state index contributed by atoms with van der Waals surface area (Å²) in [6, 6.07) is -0.326. The van der Waals surface area contributed by atoms with Crippen LogP contribution in [0.5, 0.6) is 0 Å². The number of amides is 1. The smallest absolute Gasteiger partial charge is 0.236 e. The molecule has 1 amide bonds. The van der Waals surface area contributed by atoms with Crippen LogP contribution in [-0.2, 0) is 4.79 Å². The molecule has 0 saturated carbocycles. The lowest BCUT2D eigenvalue weighted by Gasteiger charge is -2.17. The molecule has 0 bridgehead atoms. The van der Waals surface area contributed by atoms with E-state index in [0.29, 0.717) is 5.41 Å². The van der Waals surface area contributed by atoms with E-state index < -0.39 is 0 Å². The number of nitrogens with one attached hydrogen (secondary N) is 1. The highest BCUT2D eigenvalue weighted by Crippen LogP contribution is 2.21. The minimum Gasteiger partial charge on any atom is -0.355 e. The summed E-state index contributed by atoms with van der Waals surface area (Å²) < 4.78 is 0. The summed E-state index contributed by atoms with van der Waals surface area (Å²) in [5.41, 5.74) is 6.09. The number of carbonyl (C=O) groups excluding carboxylic acids is 1. The Morgan fingerprint density at radius 1 is 1.29 bits per heavy atom. The summed E-state index contributed by atoms with van der Waals surface area (Å²) >= 11 is 0. The maximum atomic E-state index is 11.5. The van der Waals surface area contributed by atoms with Gasteiger partial charge in [-0.05, 0) is 24.7 Å². The molecule has 1 unspecified atom stereocenters. The molecule has 104 valence electrons. The lowest BCUT2D eigenvalue weighted by Crippen LogP contribution is -2.40. The molecule has 17 heavy (non-hydrogen) atoms. The van der Waals surface area contributed by atoms with E-state index in [-0.39, 0.29) is 24.4 Å². The van der Waals surface area contributed by atoms with Gasteiger partial charge in [-0.1, -0.05) is 40.5 Å². The predicted octanol–water partition coefficient (Wildman–Crippen LogP) is 2.87. The molecule has 0 saturated heterocycles. The summed E-state index contributed by atoms with van der Waals surface area (Å²) in [4.78, 5) is 11.5. The number of halogens is 1. The van der Waals surface area contributed by atoms with Gasteiger partial charge in [-0.25, -0.2) is 0 Å². The van der Waals surface area contributed by atoms with E-state index >= 15 is 0 Å². The quantitative estimate of drug-likeness (QED) is 0.695. The molecule has 0 aromatic heterocycles. The molecule has 0 fully saturated rings. The highest BCUT2D eigenvalue weighted by atomic mass is 35.5. The molecule has 0 aliphatic rings. The van der Waals surface area contributed by atoms with Crippen molar-refractivity contribution in [2.75, 3.05) is 6.54 Å². The zero-order valence-electron chi connectivity index (χ0n) is 11.7. The van der Waals surface area contributed by atoms with Gasteiger partial charge in [-0.15, -0.1) is 12.4 Å². The topological polar surface area (TPSA) is 55.1 Å². The molecule has 1 atom stereocenters. The molecule has 4 heteroatoms.